The molecular weight excluding hydrogens is 318 g/mol. The van der Waals surface area contributed by atoms with E-state index < -0.39 is 18.0 Å². The highest BCUT2D eigenvalue weighted by Gasteiger charge is 2.55. The molecule has 1 fully saturated rings. The second-order valence-electron chi connectivity index (χ2n) is 7.80. The number of hydrogen-bond donors (Lipinski definition) is 2. The molecule has 1 aliphatic carbocycles. The molecule has 132 valence electrons. The van der Waals surface area contributed by atoms with E-state index in [9.17, 15) is 10.2 Å². The van der Waals surface area contributed by atoms with E-state index in [1.807, 2.05) is 36.4 Å². The predicted molar refractivity (Wildman–Crippen MR) is 92.8 cm³/mol. The Kier molecular flexibility index (Phi) is 3.83. The topological polar surface area (TPSA) is 71.8 Å². The summed E-state index contributed by atoms with van der Waals surface area (Å²) in [5.74, 6) is -0.504. The third-order valence-corrected chi connectivity index (χ3v) is 5.08. The van der Waals surface area contributed by atoms with Crippen molar-refractivity contribution in [3.05, 3.63) is 48.2 Å². The summed E-state index contributed by atoms with van der Waals surface area (Å²) in [6, 6.07) is 11.6. The highest BCUT2D eigenvalue weighted by atomic mass is 16.7. The zero-order valence-electron chi connectivity index (χ0n) is 14.5. The van der Waals surface area contributed by atoms with Crippen molar-refractivity contribution >= 4 is 0 Å². The lowest BCUT2D eigenvalue weighted by atomic mass is 9.71. The van der Waals surface area contributed by atoms with Gasteiger partial charge in [0.1, 0.15) is 11.9 Å². The lowest BCUT2D eigenvalue weighted by Crippen LogP contribution is -2.62. The first-order valence-electron chi connectivity index (χ1n) is 8.62. The van der Waals surface area contributed by atoms with Gasteiger partial charge in [-0.2, -0.15) is 0 Å². The quantitative estimate of drug-likeness (QED) is 0.834. The van der Waals surface area contributed by atoms with Crippen molar-refractivity contribution in [2.45, 2.75) is 51.3 Å². The summed E-state index contributed by atoms with van der Waals surface area (Å²) in [5.41, 5.74) is 2.62. The highest BCUT2D eigenvalue weighted by molar-refractivity contribution is 5.62. The van der Waals surface area contributed by atoms with Gasteiger partial charge in [0.15, 0.2) is 0 Å². The Balaban J connectivity index is 1.66. The van der Waals surface area contributed by atoms with E-state index in [0.29, 0.717) is 25.2 Å². The van der Waals surface area contributed by atoms with Crippen molar-refractivity contribution in [2.24, 2.45) is 5.41 Å². The third kappa shape index (κ3) is 2.92. The minimum absolute atomic E-state index is 0.177. The Labute approximate surface area is 147 Å². The van der Waals surface area contributed by atoms with Crippen LogP contribution in [0.3, 0.4) is 0 Å². The SMILES string of the molecule is CC1(C)C[C@@H](O)[C@@H](O)[C@]2(C1)OCc1cc(-c3ccccn3)ccc1O2. The Morgan fingerprint density at radius 1 is 1.16 bits per heavy atom. The van der Waals surface area contributed by atoms with Crippen LogP contribution in [0.1, 0.15) is 32.3 Å². The molecule has 0 radical (unpaired) electrons. The number of aliphatic hydroxyl groups excluding tert-OH is 2. The number of nitrogens with zero attached hydrogens (tertiary/aromatic N) is 1. The molecule has 5 nitrogen and oxygen atoms in total. The molecule has 5 heteroatoms. The normalized spacial score (nSPS) is 30.6. The Morgan fingerprint density at radius 2 is 2.00 bits per heavy atom. The Bertz CT molecular complexity index is 777. The van der Waals surface area contributed by atoms with E-state index in [2.05, 4.69) is 18.8 Å². The largest absolute Gasteiger partial charge is 0.459 e. The van der Waals surface area contributed by atoms with Gasteiger partial charge >= 0.3 is 0 Å². The van der Waals surface area contributed by atoms with Gasteiger partial charge in [-0.15, -0.1) is 0 Å². The molecule has 25 heavy (non-hydrogen) atoms. The van der Waals surface area contributed by atoms with Crippen LogP contribution in [0.2, 0.25) is 0 Å². The van der Waals surface area contributed by atoms with Crippen LogP contribution in [0.25, 0.3) is 11.3 Å². The summed E-state index contributed by atoms with van der Waals surface area (Å²) in [5, 5.41) is 20.8. The first-order valence-corrected chi connectivity index (χ1v) is 8.62. The zero-order chi connectivity index (χ0) is 17.7. The lowest BCUT2D eigenvalue weighted by molar-refractivity contribution is -0.305. The van der Waals surface area contributed by atoms with Gasteiger partial charge in [-0.25, -0.2) is 0 Å². The fourth-order valence-corrected chi connectivity index (χ4v) is 3.95. The minimum Gasteiger partial charge on any atom is -0.459 e. The van der Waals surface area contributed by atoms with Crippen molar-refractivity contribution in [1.29, 1.82) is 0 Å². The smallest absolute Gasteiger partial charge is 0.240 e. The highest BCUT2D eigenvalue weighted by Crippen LogP contribution is 2.47. The molecule has 1 aromatic carbocycles. The molecule has 1 saturated carbocycles. The molecule has 0 unspecified atom stereocenters. The number of benzene rings is 1. The van der Waals surface area contributed by atoms with E-state index in [-0.39, 0.29) is 5.41 Å². The molecule has 1 aromatic heterocycles. The van der Waals surface area contributed by atoms with Crippen LogP contribution in [0.5, 0.6) is 5.75 Å². The average Bonchev–Trinajstić information content (AvgIpc) is 2.59. The molecule has 2 aliphatic rings. The molecule has 1 aliphatic heterocycles. The molecule has 0 bridgehead atoms. The van der Waals surface area contributed by atoms with Crippen molar-refractivity contribution in [3.63, 3.8) is 0 Å². The number of ether oxygens (including phenoxy) is 2. The van der Waals surface area contributed by atoms with E-state index >= 15 is 0 Å². The molecule has 2 aromatic rings. The second-order valence-corrected chi connectivity index (χ2v) is 7.80. The van der Waals surface area contributed by atoms with Gasteiger partial charge in [0.25, 0.3) is 0 Å². The van der Waals surface area contributed by atoms with Crippen LogP contribution in [-0.4, -0.2) is 33.2 Å². The van der Waals surface area contributed by atoms with Crippen LogP contribution >= 0.6 is 0 Å². The van der Waals surface area contributed by atoms with E-state index in [1.165, 1.54) is 0 Å². The van der Waals surface area contributed by atoms with Gasteiger partial charge in [0.2, 0.25) is 5.79 Å². The number of rotatable bonds is 1. The zero-order valence-corrected chi connectivity index (χ0v) is 14.5. The van der Waals surface area contributed by atoms with Gasteiger partial charge in [-0.05, 0) is 42.2 Å². The molecule has 3 atom stereocenters. The van der Waals surface area contributed by atoms with E-state index in [4.69, 9.17) is 9.47 Å². The Morgan fingerprint density at radius 3 is 2.76 bits per heavy atom. The first kappa shape index (κ1) is 16.5. The summed E-state index contributed by atoms with van der Waals surface area (Å²) in [4.78, 5) is 4.37. The fourth-order valence-electron chi connectivity index (χ4n) is 3.95. The van der Waals surface area contributed by atoms with Crippen LogP contribution in [0, 0.1) is 5.41 Å². The Hall–Kier alpha value is -1.95. The summed E-state index contributed by atoms with van der Waals surface area (Å²) < 4.78 is 12.1. The number of aliphatic hydroxyl groups is 2. The van der Waals surface area contributed by atoms with Gasteiger partial charge in [-0.3, -0.25) is 4.98 Å². The first-order chi connectivity index (χ1) is 11.9. The number of pyridine rings is 1. The van der Waals surface area contributed by atoms with E-state index in [0.717, 1.165) is 16.8 Å². The van der Waals surface area contributed by atoms with Crippen molar-refractivity contribution in [3.8, 4) is 17.0 Å². The van der Waals surface area contributed by atoms with Gasteiger partial charge < -0.3 is 19.7 Å². The summed E-state index contributed by atoms with van der Waals surface area (Å²) >= 11 is 0. The fraction of sp³-hybridized carbons (Fsp3) is 0.450. The minimum atomic E-state index is -1.19. The van der Waals surface area contributed by atoms with Crippen molar-refractivity contribution in [1.82, 2.24) is 4.98 Å². The van der Waals surface area contributed by atoms with Gasteiger partial charge in [0, 0.05) is 23.7 Å². The van der Waals surface area contributed by atoms with Crippen molar-refractivity contribution < 1.29 is 19.7 Å². The second kappa shape index (κ2) is 5.80. The van der Waals surface area contributed by atoms with Crippen molar-refractivity contribution in [2.75, 3.05) is 0 Å². The molecule has 2 N–H and O–H groups in total. The third-order valence-electron chi connectivity index (χ3n) is 5.08. The van der Waals surface area contributed by atoms with Gasteiger partial charge in [0.05, 0.1) is 18.4 Å². The number of hydrogen-bond acceptors (Lipinski definition) is 5. The molecular formula is C20H23NO4. The van der Waals surface area contributed by atoms with Crippen LogP contribution < -0.4 is 4.74 Å². The molecule has 1 spiro atoms. The molecule has 2 heterocycles. The van der Waals surface area contributed by atoms with E-state index in [1.54, 1.807) is 6.20 Å². The summed E-state index contributed by atoms with van der Waals surface area (Å²) in [6.07, 6.45) is 0.883. The van der Waals surface area contributed by atoms with Crippen LogP contribution in [0.15, 0.2) is 42.6 Å². The molecule has 0 saturated heterocycles. The monoisotopic (exact) mass is 341 g/mol. The maximum absolute atomic E-state index is 10.5. The average molecular weight is 341 g/mol. The molecule has 0 amide bonds. The van der Waals surface area contributed by atoms with Crippen LogP contribution in [0.4, 0.5) is 0 Å². The van der Waals surface area contributed by atoms with Gasteiger partial charge in [-0.1, -0.05) is 19.9 Å². The maximum atomic E-state index is 10.5. The standard InChI is InChI=1S/C20H23NO4/c1-19(2)10-16(22)18(23)20(12-19)24-11-14-9-13(6-7-17(14)25-20)15-5-3-4-8-21-15/h3-9,16,18,22-23H,10-12H2,1-2H3/t16-,18-,20-/m1/s1. The maximum Gasteiger partial charge on any atom is 0.240 e. The molecule has 4 rings (SSSR count). The number of fused-ring (bicyclic) bond motifs is 1. The lowest BCUT2D eigenvalue weighted by Gasteiger charge is -2.50. The summed E-state index contributed by atoms with van der Waals surface area (Å²) in [7, 11) is 0. The number of aromatic nitrogens is 1. The predicted octanol–water partition coefficient (Wildman–Crippen LogP) is 2.90. The van der Waals surface area contributed by atoms with Crippen LogP contribution in [-0.2, 0) is 11.3 Å². The summed E-state index contributed by atoms with van der Waals surface area (Å²) in [6.45, 7) is 4.43.